The Labute approximate surface area is 206 Å². The van der Waals surface area contributed by atoms with E-state index in [1.54, 1.807) is 30.3 Å². The molecule has 0 aliphatic rings. The van der Waals surface area contributed by atoms with Crippen molar-refractivity contribution in [1.29, 1.82) is 0 Å². The second-order valence-electron chi connectivity index (χ2n) is 6.83. The topological polar surface area (TPSA) is 36.3 Å². The molecule has 0 fully saturated rings. The summed E-state index contributed by atoms with van der Waals surface area (Å²) in [6.07, 6.45) is 0. The third-order valence-electron chi connectivity index (χ3n) is 4.68. The molecule has 3 aromatic carbocycles. The average Bonchev–Trinajstić information content (AvgIpc) is 3.13. The van der Waals surface area contributed by atoms with Crippen LogP contribution in [-0.2, 0) is 0 Å². The SMILES string of the molecule is FC(F)Oc1ccc(-c2nn(-c3ccc(Cl)c(Cl)c3)c(-c3ccc(OC(F)F)cc3)c2Cl)cc1. The van der Waals surface area contributed by atoms with Crippen LogP contribution in [0.15, 0.2) is 66.7 Å². The smallest absolute Gasteiger partial charge is 0.387 e. The Morgan fingerprint density at radius 1 is 0.676 bits per heavy atom. The van der Waals surface area contributed by atoms with Gasteiger partial charge < -0.3 is 9.47 Å². The van der Waals surface area contributed by atoms with Crippen molar-refractivity contribution in [1.82, 2.24) is 9.78 Å². The molecule has 0 aliphatic heterocycles. The van der Waals surface area contributed by atoms with E-state index in [0.717, 1.165) is 0 Å². The van der Waals surface area contributed by atoms with Crippen LogP contribution in [0.1, 0.15) is 0 Å². The number of nitrogens with zero attached hydrogens (tertiary/aromatic N) is 2. The maximum Gasteiger partial charge on any atom is 0.387 e. The largest absolute Gasteiger partial charge is 0.435 e. The van der Waals surface area contributed by atoms with E-state index >= 15 is 0 Å². The standard InChI is InChI=1S/C23H13Cl3F4N2O2/c24-17-10-5-14(11-18(17)25)32-21(13-3-8-16(9-4-13)34-23(29)30)19(26)20(31-32)12-1-6-15(7-2-12)33-22(27)28/h1-11,22-23H. The Morgan fingerprint density at radius 2 is 1.21 bits per heavy atom. The monoisotopic (exact) mass is 530 g/mol. The fourth-order valence-electron chi connectivity index (χ4n) is 3.22. The molecule has 34 heavy (non-hydrogen) atoms. The number of halogens is 7. The van der Waals surface area contributed by atoms with Gasteiger partial charge in [0.2, 0.25) is 0 Å². The second-order valence-corrected chi connectivity index (χ2v) is 8.02. The normalized spacial score (nSPS) is 11.3. The highest BCUT2D eigenvalue weighted by atomic mass is 35.5. The van der Waals surface area contributed by atoms with Gasteiger partial charge in [0.05, 0.1) is 26.4 Å². The maximum atomic E-state index is 12.5. The quantitative estimate of drug-likeness (QED) is 0.225. The molecule has 0 unspecified atom stereocenters. The molecule has 1 aromatic heterocycles. The number of hydrogen-bond acceptors (Lipinski definition) is 3. The number of alkyl halides is 4. The summed E-state index contributed by atoms with van der Waals surface area (Å²) in [5, 5.41) is 5.46. The summed E-state index contributed by atoms with van der Waals surface area (Å²) in [4.78, 5) is 0. The Kier molecular flexibility index (Phi) is 7.21. The van der Waals surface area contributed by atoms with Gasteiger partial charge in [-0.25, -0.2) is 4.68 Å². The van der Waals surface area contributed by atoms with Gasteiger partial charge in [0, 0.05) is 11.1 Å². The van der Waals surface area contributed by atoms with E-state index in [0.29, 0.717) is 33.2 Å². The van der Waals surface area contributed by atoms with Crippen LogP contribution < -0.4 is 9.47 Å². The lowest BCUT2D eigenvalue weighted by Crippen LogP contribution is -2.02. The number of hydrogen-bond donors (Lipinski definition) is 0. The molecule has 0 spiro atoms. The zero-order valence-electron chi connectivity index (χ0n) is 16.9. The first kappa shape index (κ1) is 24.2. The highest BCUT2D eigenvalue weighted by molar-refractivity contribution is 6.42. The molecular formula is C23H13Cl3F4N2O2. The lowest BCUT2D eigenvalue weighted by atomic mass is 10.1. The van der Waals surface area contributed by atoms with Gasteiger partial charge in [0.25, 0.3) is 0 Å². The maximum absolute atomic E-state index is 12.5. The summed E-state index contributed by atoms with van der Waals surface area (Å²) in [5.41, 5.74) is 2.40. The van der Waals surface area contributed by atoms with E-state index in [-0.39, 0.29) is 21.5 Å². The zero-order chi connectivity index (χ0) is 24.4. The summed E-state index contributed by atoms with van der Waals surface area (Å²) < 4.78 is 60.3. The number of aromatic nitrogens is 2. The third kappa shape index (κ3) is 5.24. The molecule has 0 amide bonds. The highest BCUT2D eigenvalue weighted by Crippen LogP contribution is 2.39. The first-order chi connectivity index (χ1) is 16.2. The molecule has 4 nitrogen and oxygen atoms in total. The first-order valence-electron chi connectivity index (χ1n) is 9.57. The van der Waals surface area contributed by atoms with Crippen LogP contribution in [0.25, 0.3) is 28.2 Å². The van der Waals surface area contributed by atoms with E-state index in [2.05, 4.69) is 14.6 Å². The predicted molar refractivity (Wildman–Crippen MR) is 123 cm³/mol. The molecule has 0 radical (unpaired) electrons. The van der Waals surface area contributed by atoms with Crippen molar-refractivity contribution >= 4 is 34.8 Å². The van der Waals surface area contributed by atoms with Gasteiger partial charge in [-0.3, -0.25) is 0 Å². The van der Waals surface area contributed by atoms with Gasteiger partial charge in [0.15, 0.2) is 0 Å². The van der Waals surface area contributed by atoms with Crippen LogP contribution in [-0.4, -0.2) is 23.0 Å². The van der Waals surface area contributed by atoms with Crippen molar-refractivity contribution in [2.75, 3.05) is 0 Å². The average molecular weight is 532 g/mol. The van der Waals surface area contributed by atoms with E-state index in [1.807, 2.05) is 0 Å². The van der Waals surface area contributed by atoms with Crippen molar-refractivity contribution in [2.45, 2.75) is 13.2 Å². The first-order valence-corrected chi connectivity index (χ1v) is 10.7. The van der Waals surface area contributed by atoms with Gasteiger partial charge >= 0.3 is 13.2 Å². The summed E-state index contributed by atoms with van der Waals surface area (Å²) in [6, 6.07) is 16.5. The van der Waals surface area contributed by atoms with Crippen molar-refractivity contribution < 1.29 is 27.0 Å². The van der Waals surface area contributed by atoms with Crippen molar-refractivity contribution in [3.8, 4) is 39.7 Å². The molecular weight excluding hydrogens is 519 g/mol. The van der Waals surface area contributed by atoms with Crippen LogP contribution in [0.3, 0.4) is 0 Å². The van der Waals surface area contributed by atoms with Crippen LogP contribution in [0, 0.1) is 0 Å². The molecule has 0 saturated heterocycles. The molecule has 0 aliphatic carbocycles. The van der Waals surface area contributed by atoms with E-state index in [9.17, 15) is 17.6 Å². The van der Waals surface area contributed by atoms with Gasteiger partial charge in [-0.05, 0) is 66.7 Å². The minimum atomic E-state index is -2.96. The number of rotatable bonds is 7. The molecule has 0 bridgehead atoms. The summed E-state index contributed by atoms with van der Waals surface area (Å²) in [6.45, 7) is -5.91. The molecule has 4 aromatic rings. The minimum Gasteiger partial charge on any atom is -0.435 e. The molecule has 176 valence electrons. The Bertz CT molecular complexity index is 1300. The van der Waals surface area contributed by atoms with Crippen molar-refractivity contribution in [2.24, 2.45) is 0 Å². The van der Waals surface area contributed by atoms with Gasteiger partial charge in [-0.1, -0.05) is 34.8 Å². The minimum absolute atomic E-state index is 0.0198. The summed E-state index contributed by atoms with van der Waals surface area (Å²) >= 11 is 18.9. The lowest BCUT2D eigenvalue weighted by molar-refractivity contribution is -0.0505. The second kappa shape index (κ2) is 10.1. The van der Waals surface area contributed by atoms with Crippen molar-refractivity contribution in [3.63, 3.8) is 0 Å². The van der Waals surface area contributed by atoms with Crippen LogP contribution in [0.4, 0.5) is 17.6 Å². The molecule has 1 heterocycles. The fraction of sp³-hybridized carbons (Fsp3) is 0.0870. The van der Waals surface area contributed by atoms with E-state index < -0.39 is 13.2 Å². The van der Waals surface area contributed by atoms with E-state index in [1.165, 1.54) is 41.1 Å². The van der Waals surface area contributed by atoms with Crippen LogP contribution in [0.2, 0.25) is 15.1 Å². The van der Waals surface area contributed by atoms with E-state index in [4.69, 9.17) is 34.8 Å². The molecule has 0 atom stereocenters. The number of benzene rings is 3. The van der Waals surface area contributed by atoms with Crippen LogP contribution in [0.5, 0.6) is 11.5 Å². The predicted octanol–water partition coefficient (Wildman–Crippen LogP) is 8.37. The molecule has 0 N–H and O–H groups in total. The summed E-state index contributed by atoms with van der Waals surface area (Å²) in [5.74, 6) is -0.0426. The fourth-order valence-corrected chi connectivity index (χ4v) is 3.85. The Balaban J connectivity index is 1.83. The lowest BCUT2D eigenvalue weighted by Gasteiger charge is -2.10. The third-order valence-corrected chi connectivity index (χ3v) is 5.78. The zero-order valence-corrected chi connectivity index (χ0v) is 19.1. The molecule has 4 rings (SSSR count). The molecule has 11 heteroatoms. The number of ether oxygens (including phenoxy) is 2. The summed E-state index contributed by atoms with van der Waals surface area (Å²) in [7, 11) is 0. The Morgan fingerprint density at radius 3 is 1.71 bits per heavy atom. The van der Waals surface area contributed by atoms with Crippen molar-refractivity contribution in [3.05, 3.63) is 81.8 Å². The van der Waals surface area contributed by atoms with Gasteiger partial charge in [0.1, 0.15) is 17.2 Å². The van der Waals surface area contributed by atoms with Crippen LogP contribution >= 0.6 is 34.8 Å². The molecule has 0 saturated carbocycles. The highest BCUT2D eigenvalue weighted by Gasteiger charge is 2.21. The van der Waals surface area contributed by atoms with Gasteiger partial charge in [-0.15, -0.1) is 0 Å². The van der Waals surface area contributed by atoms with Gasteiger partial charge in [-0.2, -0.15) is 22.7 Å². The Hall–Kier alpha value is -2.94.